The van der Waals surface area contributed by atoms with Gasteiger partial charge in [-0.2, -0.15) is 0 Å². The van der Waals surface area contributed by atoms with Crippen molar-refractivity contribution < 1.29 is 9.84 Å². The van der Waals surface area contributed by atoms with Crippen LogP contribution in [0.2, 0.25) is 5.02 Å². The van der Waals surface area contributed by atoms with Crippen molar-refractivity contribution in [2.75, 3.05) is 18.5 Å². The normalized spacial score (nSPS) is 12.1. The number of aliphatic hydroxyl groups excluding tert-OH is 1. The average molecular weight is 371 g/mol. The average Bonchev–Trinajstić information content (AvgIpc) is 2.47. The summed E-state index contributed by atoms with van der Waals surface area (Å²) in [5.74, 6) is 0. The molecular formula is C16H17BrClNO2. The Morgan fingerprint density at radius 1 is 1.19 bits per heavy atom. The summed E-state index contributed by atoms with van der Waals surface area (Å²) in [4.78, 5) is 0. The molecule has 0 radical (unpaired) electrons. The Bertz CT molecular complexity index is 565. The third-order valence-corrected chi connectivity index (χ3v) is 3.69. The molecular weight excluding hydrogens is 354 g/mol. The Morgan fingerprint density at radius 2 is 1.95 bits per heavy atom. The van der Waals surface area contributed by atoms with Gasteiger partial charge in [0.05, 0.1) is 30.0 Å². The minimum absolute atomic E-state index is 0.274. The first kappa shape index (κ1) is 16.3. The molecule has 0 spiro atoms. The van der Waals surface area contributed by atoms with Crippen LogP contribution in [0.1, 0.15) is 5.56 Å². The summed E-state index contributed by atoms with van der Waals surface area (Å²) in [7, 11) is 0. The molecule has 112 valence electrons. The molecule has 0 fully saturated rings. The zero-order chi connectivity index (χ0) is 15.1. The molecule has 0 aliphatic carbocycles. The highest BCUT2D eigenvalue weighted by Gasteiger charge is 2.06. The van der Waals surface area contributed by atoms with Crippen molar-refractivity contribution in [3.63, 3.8) is 0 Å². The van der Waals surface area contributed by atoms with Gasteiger partial charge in [0, 0.05) is 11.0 Å². The Kier molecular flexibility index (Phi) is 6.51. The molecule has 0 bridgehead atoms. The molecule has 2 N–H and O–H groups in total. The van der Waals surface area contributed by atoms with Gasteiger partial charge in [-0.05, 0) is 23.8 Å². The van der Waals surface area contributed by atoms with Gasteiger partial charge >= 0.3 is 0 Å². The van der Waals surface area contributed by atoms with Crippen LogP contribution in [0.25, 0.3) is 0 Å². The fourth-order valence-electron chi connectivity index (χ4n) is 1.81. The topological polar surface area (TPSA) is 41.5 Å². The fraction of sp³-hybridized carbons (Fsp3) is 0.250. The van der Waals surface area contributed by atoms with Gasteiger partial charge in [0.1, 0.15) is 0 Å². The monoisotopic (exact) mass is 369 g/mol. The molecule has 2 aromatic rings. The van der Waals surface area contributed by atoms with Crippen molar-refractivity contribution in [3.8, 4) is 0 Å². The van der Waals surface area contributed by atoms with Gasteiger partial charge in [-0.3, -0.25) is 0 Å². The van der Waals surface area contributed by atoms with Gasteiger partial charge in [-0.15, -0.1) is 0 Å². The summed E-state index contributed by atoms with van der Waals surface area (Å²) < 4.78 is 6.41. The van der Waals surface area contributed by atoms with Crippen molar-refractivity contribution in [2.45, 2.75) is 12.7 Å². The lowest BCUT2D eigenvalue weighted by Crippen LogP contribution is -2.24. The highest BCUT2D eigenvalue weighted by Crippen LogP contribution is 2.25. The van der Waals surface area contributed by atoms with Crippen molar-refractivity contribution in [2.24, 2.45) is 0 Å². The fourth-order valence-corrected chi connectivity index (χ4v) is 2.55. The van der Waals surface area contributed by atoms with E-state index in [0.717, 1.165) is 15.7 Å². The predicted octanol–water partition coefficient (Wildman–Crippen LogP) is 4.09. The van der Waals surface area contributed by atoms with Crippen LogP contribution < -0.4 is 5.32 Å². The molecule has 1 atom stereocenters. The second-order valence-corrected chi connectivity index (χ2v) is 5.98. The van der Waals surface area contributed by atoms with E-state index in [0.29, 0.717) is 18.2 Å². The quantitative estimate of drug-likeness (QED) is 0.771. The Balaban J connectivity index is 1.71. The molecule has 21 heavy (non-hydrogen) atoms. The van der Waals surface area contributed by atoms with Crippen LogP contribution in [-0.4, -0.2) is 24.4 Å². The zero-order valence-electron chi connectivity index (χ0n) is 11.4. The molecule has 5 heteroatoms. The molecule has 2 rings (SSSR count). The molecule has 0 heterocycles. The second-order valence-electron chi connectivity index (χ2n) is 4.66. The predicted molar refractivity (Wildman–Crippen MR) is 89.7 cm³/mol. The number of hydrogen-bond donors (Lipinski definition) is 2. The van der Waals surface area contributed by atoms with Crippen LogP contribution in [-0.2, 0) is 11.3 Å². The van der Waals surface area contributed by atoms with Gasteiger partial charge in [-0.1, -0.05) is 57.9 Å². The molecule has 3 nitrogen and oxygen atoms in total. The highest BCUT2D eigenvalue weighted by molar-refractivity contribution is 9.10. The summed E-state index contributed by atoms with van der Waals surface area (Å²) in [5, 5.41) is 13.6. The van der Waals surface area contributed by atoms with Gasteiger partial charge in [0.15, 0.2) is 0 Å². The van der Waals surface area contributed by atoms with E-state index in [-0.39, 0.29) is 6.61 Å². The van der Waals surface area contributed by atoms with E-state index >= 15 is 0 Å². The molecule has 0 aliphatic heterocycles. The number of anilines is 1. The Hall–Kier alpha value is -1.07. The summed E-state index contributed by atoms with van der Waals surface area (Å²) >= 11 is 9.44. The molecule has 2 aromatic carbocycles. The molecule has 0 saturated heterocycles. The van der Waals surface area contributed by atoms with Gasteiger partial charge in [-0.25, -0.2) is 0 Å². The van der Waals surface area contributed by atoms with E-state index in [2.05, 4.69) is 21.2 Å². The minimum Gasteiger partial charge on any atom is -0.389 e. The van der Waals surface area contributed by atoms with E-state index in [1.165, 1.54) is 0 Å². The number of hydrogen-bond acceptors (Lipinski definition) is 3. The van der Waals surface area contributed by atoms with E-state index < -0.39 is 6.10 Å². The zero-order valence-corrected chi connectivity index (χ0v) is 13.8. The third kappa shape index (κ3) is 5.67. The highest BCUT2D eigenvalue weighted by atomic mass is 79.9. The van der Waals surface area contributed by atoms with Crippen LogP contribution >= 0.6 is 27.5 Å². The Morgan fingerprint density at radius 3 is 2.67 bits per heavy atom. The minimum atomic E-state index is -0.589. The molecule has 1 unspecified atom stereocenters. The summed E-state index contributed by atoms with van der Waals surface area (Å²) in [6, 6.07) is 15.4. The summed E-state index contributed by atoms with van der Waals surface area (Å²) in [5.41, 5.74) is 1.88. The maximum Gasteiger partial charge on any atom is 0.0945 e. The van der Waals surface area contributed by atoms with Crippen molar-refractivity contribution in [1.29, 1.82) is 0 Å². The molecule has 0 aromatic heterocycles. The first-order chi connectivity index (χ1) is 10.1. The van der Waals surface area contributed by atoms with Crippen LogP contribution in [0.3, 0.4) is 0 Å². The van der Waals surface area contributed by atoms with E-state index in [4.69, 9.17) is 16.3 Å². The van der Waals surface area contributed by atoms with Crippen LogP contribution in [0, 0.1) is 0 Å². The number of halogens is 2. The number of rotatable bonds is 7. The van der Waals surface area contributed by atoms with Crippen LogP contribution in [0.4, 0.5) is 5.69 Å². The van der Waals surface area contributed by atoms with E-state index in [9.17, 15) is 5.11 Å². The largest absolute Gasteiger partial charge is 0.389 e. The molecule has 0 aliphatic rings. The first-order valence-electron chi connectivity index (χ1n) is 6.64. The maximum atomic E-state index is 9.89. The summed E-state index contributed by atoms with van der Waals surface area (Å²) in [6.45, 7) is 1.16. The van der Waals surface area contributed by atoms with Crippen molar-refractivity contribution in [3.05, 3.63) is 63.6 Å². The first-order valence-corrected chi connectivity index (χ1v) is 7.81. The van der Waals surface area contributed by atoms with E-state index in [1.54, 1.807) is 0 Å². The standard InChI is InChI=1S/C16H17BrClNO2/c17-13-6-7-16(15(18)8-13)19-9-14(20)11-21-10-12-4-2-1-3-5-12/h1-8,14,19-20H,9-11H2. The third-order valence-electron chi connectivity index (χ3n) is 2.88. The lowest BCUT2D eigenvalue weighted by atomic mass is 10.2. The van der Waals surface area contributed by atoms with Gasteiger partial charge in [0.2, 0.25) is 0 Å². The number of benzene rings is 2. The second kappa shape index (κ2) is 8.39. The van der Waals surface area contributed by atoms with Crippen molar-refractivity contribution in [1.82, 2.24) is 0 Å². The Labute approximate surface area is 138 Å². The van der Waals surface area contributed by atoms with Gasteiger partial charge in [0.25, 0.3) is 0 Å². The molecule has 0 saturated carbocycles. The van der Waals surface area contributed by atoms with Gasteiger partial charge < -0.3 is 15.2 Å². The lowest BCUT2D eigenvalue weighted by molar-refractivity contribution is 0.0348. The van der Waals surface area contributed by atoms with Crippen molar-refractivity contribution >= 4 is 33.2 Å². The molecule has 0 amide bonds. The summed E-state index contributed by atoms with van der Waals surface area (Å²) in [6.07, 6.45) is -0.589. The SMILES string of the molecule is OC(CNc1ccc(Br)cc1Cl)COCc1ccccc1. The number of ether oxygens (including phenoxy) is 1. The number of nitrogens with one attached hydrogen (secondary N) is 1. The van der Waals surface area contributed by atoms with Crippen LogP contribution in [0.15, 0.2) is 53.0 Å². The van der Waals surface area contributed by atoms with E-state index in [1.807, 2.05) is 48.5 Å². The smallest absolute Gasteiger partial charge is 0.0945 e. The van der Waals surface area contributed by atoms with Crippen LogP contribution in [0.5, 0.6) is 0 Å². The number of aliphatic hydroxyl groups is 1. The maximum absolute atomic E-state index is 9.89. The lowest BCUT2D eigenvalue weighted by Gasteiger charge is -2.14.